The summed E-state index contributed by atoms with van der Waals surface area (Å²) >= 11 is 0. The Morgan fingerprint density at radius 3 is 2.62 bits per heavy atom. The zero-order valence-electron chi connectivity index (χ0n) is 13.2. The van der Waals surface area contributed by atoms with Crippen LogP contribution in [0.2, 0.25) is 0 Å². The highest BCUT2D eigenvalue weighted by Crippen LogP contribution is 2.17. The zero-order valence-corrected chi connectivity index (χ0v) is 13.2. The first-order valence-corrected chi connectivity index (χ1v) is 7.53. The largest absolute Gasteiger partial charge is 0.301 e. The molecule has 116 valence electrons. The van der Waals surface area contributed by atoms with Crippen LogP contribution < -0.4 is 11.3 Å². The molecule has 1 amide bonds. The molecule has 21 heavy (non-hydrogen) atoms. The Balaban J connectivity index is 1.95. The van der Waals surface area contributed by atoms with Crippen LogP contribution in [0, 0.1) is 0 Å². The summed E-state index contributed by atoms with van der Waals surface area (Å²) in [5, 5.41) is 0. The molecule has 0 spiro atoms. The molecule has 2 rings (SSSR count). The van der Waals surface area contributed by atoms with E-state index in [0.29, 0.717) is 6.04 Å². The fourth-order valence-electron chi connectivity index (χ4n) is 2.71. The normalized spacial score (nSPS) is 22.0. The minimum Gasteiger partial charge on any atom is -0.301 e. The van der Waals surface area contributed by atoms with Crippen LogP contribution in [0.3, 0.4) is 0 Å². The summed E-state index contributed by atoms with van der Waals surface area (Å²) in [5.74, 6) is 4.81. The summed E-state index contributed by atoms with van der Waals surface area (Å²) in [6.07, 6.45) is 0. The molecule has 1 saturated heterocycles. The van der Waals surface area contributed by atoms with Gasteiger partial charge in [0.2, 0.25) is 5.91 Å². The molecule has 1 aliphatic heterocycles. The number of carbonyl (C=O) groups excluding carboxylic acids is 1. The maximum Gasteiger partial charge on any atom is 0.241 e. The van der Waals surface area contributed by atoms with Crippen molar-refractivity contribution in [2.45, 2.75) is 32.4 Å². The van der Waals surface area contributed by atoms with E-state index in [-0.39, 0.29) is 11.8 Å². The molecule has 5 nitrogen and oxygen atoms in total. The number of amides is 1. The van der Waals surface area contributed by atoms with Gasteiger partial charge in [0.25, 0.3) is 0 Å². The van der Waals surface area contributed by atoms with E-state index in [1.54, 1.807) is 0 Å². The quantitative estimate of drug-likeness (QED) is 0.492. The highest BCUT2D eigenvalue weighted by molar-refractivity contribution is 5.82. The van der Waals surface area contributed by atoms with Crippen molar-refractivity contribution in [3.05, 3.63) is 35.4 Å². The first-order valence-electron chi connectivity index (χ1n) is 7.53. The van der Waals surface area contributed by atoms with E-state index in [1.165, 1.54) is 5.56 Å². The van der Waals surface area contributed by atoms with E-state index in [0.717, 1.165) is 31.7 Å². The fraction of sp³-hybridized carbons (Fsp3) is 0.562. The number of nitrogens with zero attached hydrogens (tertiary/aromatic N) is 2. The molecule has 1 aromatic carbocycles. The Labute approximate surface area is 127 Å². The van der Waals surface area contributed by atoms with Crippen molar-refractivity contribution in [3.63, 3.8) is 0 Å². The van der Waals surface area contributed by atoms with E-state index in [1.807, 2.05) is 19.1 Å². The van der Waals surface area contributed by atoms with Gasteiger partial charge in [0.1, 0.15) is 0 Å². The average molecular weight is 290 g/mol. The van der Waals surface area contributed by atoms with Gasteiger partial charge in [0.05, 0.1) is 5.92 Å². The summed E-state index contributed by atoms with van der Waals surface area (Å²) in [7, 11) is 2.18. The van der Waals surface area contributed by atoms with E-state index in [9.17, 15) is 4.79 Å². The van der Waals surface area contributed by atoms with Crippen molar-refractivity contribution < 1.29 is 4.79 Å². The number of piperazine rings is 1. The Bertz CT molecular complexity index is 474. The van der Waals surface area contributed by atoms with Crippen molar-refractivity contribution in [2.24, 2.45) is 5.84 Å². The van der Waals surface area contributed by atoms with E-state index in [2.05, 4.69) is 41.3 Å². The number of likely N-dealkylation sites (N-methyl/N-ethyl adjacent to an activating group) is 1. The number of nitrogens with two attached hydrogens (primary N) is 1. The van der Waals surface area contributed by atoms with Gasteiger partial charge < -0.3 is 4.90 Å². The number of hydrogen-bond donors (Lipinski definition) is 2. The van der Waals surface area contributed by atoms with Crippen LogP contribution in [0.5, 0.6) is 0 Å². The maximum absolute atomic E-state index is 11.5. The van der Waals surface area contributed by atoms with Crippen molar-refractivity contribution in [1.82, 2.24) is 15.2 Å². The predicted molar refractivity (Wildman–Crippen MR) is 84.6 cm³/mol. The Kier molecular flexibility index (Phi) is 5.33. The highest BCUT2D eigenvalue weighted by Gasteiger charge is 2.20. The lowest BCUT2D eigenvalue weighted by Crippen LogP contribution is -2.49. The van der Waals surface area contributed by atoms with Gasteiger partial charge in [-0.2, -0.15) is 0 Å². The van der Waals surface area contributed by atoms with Crippen LogP contribution in [-0.4, -0.2) is 48.4 Å². The van der Waals surface area contributed by atoms with Gasteiger partial charge in [-0.15, -0.1) is 0 Å². The third-order valence-corrected chi connectivity index (χ3v) is 4.47. The summed E-state index contributed by atoms with van der Waals surface area (Å²) in [6, 6.07) is 8.87. The van der Waals surface area contributed by atoms with Crippen LogP contribution in [0.4, 0.5) is 0 Å². The van der Waals surface area contributed by atoms with Gasteiger partial charge in [-0.3, -0.25) is 15.1 Å². The topological polar surface area (TPSA) is 61.6 Å². The number of nitrogens with one attached hydrogen (secondary N) is 1. The first kappa shape index (κ1) is 15.9. The summed E-state index contributed by atoms with van der Waals surface area (Å²) in [4.78, 5) is 16.4. The number of hydrogen-bond acceptors (Lipinski definition) is 4. The van der Waals surface area contributed by atoms with Crippen molar-refractivity contribution in [1.29, 1.82) is 0 Å². The molecule has 0 saturated carbocycles. The van der Waals surface area contributed by atoms with Gasteiger partial charge >= 0.3 is 0 Å². The molecule has 0 aromatic heterocycles. The monoisotopic (exact) mass is 290 g/mol. The van der Waals surface area contributed by atoms with Crippen LogP contribution in [0.1, 0.15) is 30.9 Å². The van der Waals surface area contributed by atoms with Crippen molar-refractivity contribution >= 4 is 5.91 Å². The standard InChI is InChI=1S/C16H26N4O/c1-12-10-20(9-8-19(12)3)11-14-4-6-15(7-5-14)13(2)16(21)18-17/h4-7,12-13H,8-11,17H2,1-3H3,(H,18,21). The van der Waals surface area contributed by atoms with E-state index < -0.39 is 0 Å². The number of benzene rings is 1. The van der Waals surface area contributed by atoms with Crippen LogP contribution in [0.25, 0.3) is 0 Å². The summed E-state index contributed by atoms with van der Waals surface area (Å²) < 4.78 is 0. The molecule has 5 heteroatoms. The number of hydrazine groups is 1. The van der Waals surface area contributed by atoms with Crippen LogP contribution >= 0.6 is 0 Å². The molecular formula is C16H26N4O. The molecular weight excluding hydrogens is 264 g/mol. The maximum atomic E-state index is 11.5. The van der Waals surface area contributed by atoms with E-state index >= 15 is 0 Å². The zero-order chi connectivity index (χ0) is 15.4. The Morgan fingerprint density at radius 2 is 2.05 bits per heavy atom. The SMILES string of the molecule is CC(C(=O)NN)c1ccc(CN2CCN(C)C(C)C2)cc1. The Morgan fingerprint density at radius 1 is 1.38 bits per heavy atom. The first-order chi connectivity index (χ1) is 10.0. The van der Waals surface area contributed by atoms with Crippen LogP contribution in [-0.2, 0) is 11.3 Å². The summed E-state index contributed by atoms with van der Waals surface area (Å²) in [5.41, 5.74) is 4.48. The second-order valence-electron chi connectivity index (χ2n) is 6.04. The second kappa shape index (κ2) is 7.02. The third kappa shape index (κ3) is 4.03. The van der Waals surface area contributed by atoms with E-state index in [4.69, 9.17) is 5.84 Å². The molecule has 1 aliphatic rings. The second-order valence-corrected chi connectivity index (χ2v) is 6.04. The average Bonchev–Trinajstić information content (AvgIpc) is 2.50. The molecule has 2 unspecified atom stereocenters. The molecule has 0 radical (unpaired) electrons. The van der Waals surface area contributed by atoms with Crippen molar-refractivity contribution in [2.75, 3.05) is 26.7 Å². The fourth-order valence-corrected chi connectivity index (χ4v) is 2.71. The summed E-state index contributed by atoms with van der Waals surface area (Å²) in [6.45, 7) is 8.42. The lowest BCUT2D eigenvalue weighted by Gasteiger charge is -2.37. The smallest absolute Gasteiger partial charge is 0.241 e. The highest BCUT2D eigenvalue weighted by atomic mass is 16.2. The van der Waals surface area contributed by atoms with Gasteiger partial charge in [-0.1, -0.05) is 24.3 Å². The molecule has 3 N–H and O–H groups in total. The minimum atomic E-state index is -0.215. The molecule has 1 heterocycles. The van der Waals surface area contributed by atoms with Crippen LogP contribution in [0.15, 0.2) is 24.3 Å². The number of rotatable bonds is 4. The predicted octanol–water partition coefficient (Wildman–Crippen LogP) is 0.916. The third-order valence-electron chi connectivity index (χ3n) is 4.47. The molecule has 1 aromatic rings. The lowest BCUT2D eigenvalue weighted by molar-refractivity contribution is -0.122. The lowest BCUT2D eigenvalue weighted by atomic mass is 9.99. The van der Waals surface area contributed by atoms with Gasteiger partial charge in [0, 0.05) is 32.2 Å². The van der Waals surface area contributed by atoms with Crippen molar-refractivity contribution in [3.8, 4) is 0 Å². The van der Waals surface area contributed by atoms with Gasteiger partial charge in [-0.25, -0.2) is 5.84 Å². The van der Waals surface area contributed by atoms with Gasteiger partial charge in [-0.05, 0) is 32.0 Å². The molecule has 1 fully saturated rings. The molecule has 0 bridgehead atoms. The number of carbonyl (C=O) groups is 1. The molecule has 2 atom stereocenters. The molecule has 0 aliphatic carbocycles. The van der Waals surface area contributed by atoms with Gasteiger partial charge in [0.15, 0.2) is 0 Å². The Hall–Kier alpha value is -1.43. The minimum absolute atomic E-state index is 0.157.